The van der Waals surface area contributed by atoms with Crippen molar-refractivity contribution < 1.29 is 14.6 Å². The number of aliphatic hydroxyl groups is 1. The molecule has 19 heavy (non-hydrogen) atoms. The zero-order chi connectivity index (χ0) is 14.8. The number of carbonyl (C=O) groups is 1. The molecule has 1 aromatic rings. The third kappa shape index (κ3) is 3.47. The first kappa shape index (κ1) is 15.5. The molecule has 0 aliphatic rings. The number of methoxy groups -OCH3 is 1. The smallest absolute Gasteiger partial charge is 0.251 e. The van der Waals surface area contributed by atoms with Crippen molar-refractivity contribution in [1.82, 2.24) is 5.32 Å². The first-order chi connectivity index (χ1) is 8.68. The van der Waals surface area contributed by atoms with Gasteiger partial charge in [-0.1, -0.05) is 6.07 Å². The molecule has 4 heteroatoms. The molecule has 1 amide bonds. The number of hydrogen-bond acceptors (Lipinski definition) is 3. The fourth-order valence-electron chi connectivity index (χ4n) is 2.03. The average Bonchev–Trinajstić information content (AvgIpc) is 2.31. The first-order valence-electron chi connectivity index (χ1n) is 6.32. The predicted molar refractivity (Wildman–Crippen MR) is 75.3 cm³/mol. The molecule has 1 aromatic carbocycles. The fourth-order valence-corrected chi connectivity index (χ4v) is 2.03. The van der Waals surface area contributed by atoms with Gasteiger partial charge in [0.15, 0.2) is 0 Å². The van der Waals surface area contributed by atoms with E-state index in [1.54, 1.807) is 7.11 Å². The van der Waals surface area contributed by atoms with Crippen LogP contribution in [-0.4, -0.2) is 23.7 Å². The highest BCUT2D eigenvalue weighted by molar-refractivity contribution is 5.83. The quantitative estimate of drug-likeness (QED) is 0.875. The minimum Gasteiger partial charge on any atom is -0.496 e. The van der Waals surface area contributed by atoms with Gasteiger partial charge in [0.1, 0.15) is 11.4 Å². The fraction of sp³-hybridized carbons (Fsp3) is 0.533. The van der Waals surface area contributed by atoms with Crippen LogP contribution >= 0.6 is 0 Å². The molecule has 0 heterocycles. The van der Waals surface area contributed by atoms with Gasteiger partial charge in [-0.3, -0.25) is 4.79 Å². The standard InChI is InChI=1S/C15H23NO3/c1-9-7-12(8-16-14(17)15(4,5)18)10(2)11(3)13(9)19-6/h7,18H,8H2,1-6H3,(H,16,17). The highest BCUT2D eigenvalue weighted by atomic mass is 16.5. The van der Waals surface area contributed by atoms with Gasteiger partial charge >= 0.3 is 0 Å². The number of aryl methyl sites for hydroxylation is 1. The van der Waals surface area contributed by atoms with E-state index in [0.29, 0.717) is 6.54 Å². The lowest BCUT2D eigenvalue weighted by atomic mass is 9.98. The first-order valence-corrected chi connectivity index (χ1v) is 6.32. The number of nitrogens with one attached hydrogen (secondary N) is 1. The van der Waals surface area contributed by atoms with Gasteiger partial charge in [0, 0.05) is 6.54 Å². The van der Waals surface area contributed by atoms with Crippen LogP contribution in [0.4, 0.5) is 0 Å². The van der Waals surface area contributed by atoms with E-state index >= 15 is 0 Å². The Labute approximate surface area is 114 Å². The molecule has 0 atom stereocenters. The molecule has 2 N–H and O–H groups in total. The number of benzene rings is 1. The average molecular weight is 265 g/mol. The maximum absolute atomic E-state index is 11.7. The van der Waals surface area contributed by atoms with E-state index in [4.69, 9.17) is 4.74 Å². The second-order valence-electron chi connectivity index (χ2n) is 5.38. The van der Waals surface area contributed by atoms with E-state index in [0.717, 1.165) is 28.0 Å². The van der Waals surface area contributed by atoms with Crippen LogP contribution in [0.1, 0.15) is 36.1 Å². The van der Waals surface area contributed by atoms with Crippen molar-refractivity contribution in [3.8, 4) is 5.75 Å². The topological polar surface area (TPSA) is 58.6 Å². The maximum Gasteiger partial charge on any atom is 0.251 e. The van der Waals surface area contributed by atoms with Crippen LogP contribution in [0, 0.1) is 20.8 Å². The molecular formula is C15H23NO3. The van der Waals surface area contributed by atoms with Crippen LogP contribution in [0.15, 0.2) is 6.07 Å². The van der Waals surface area contributed by atoms with Gasteiger partial charge in [-0.2, -0.15) is 0 Å². The summed E-state index contributed by atoms with van der Waals surface area (Å²) in [4.78, 5) is 11.7. The monoisotopic (exact) mass is 265 g/mol. The van der Waals surface area contributed by atoms with Crippen LogP contribution in [0.2, 0.25) is 0 Å². The Morgan fingerprint density at radius 3 is 2.37 bits per heavy atom. The van der Waals surface area contributed by atoms with E-state index in [-0.39, 0.29) is 5.91 Å². The molecule has 1 rings (SSSR count). The van der Waals surface area contributed by atoms with Gasteiger partial charge in [0.2, 0.25) is 0 Å². The Kier molecular flexibility index (Phi) is 4.58. The van der Waals surface area contributed by atoms with E-state index in [9.17, 15) is 9.90 Å². The Hall–Kier alpha value is -1.55. The molecule has 0 spiro atoms. The molecule has 0 aliphatic heterocycles. The largest absolute Gasteiger partial charge is 0.496 e. The van der Waals surface area contributed by atoms with Gasteiger partial charge in [-0.15, -0.1) is 0 Å². The van der Waals surface area contributed by atoms with Crippen molar-refractivity contribution in [2.24, 2.45) is 0 Å². The van der Waals surface area contributed by atoms with Crippen molar-refractivity contribution >= 4 is 5.91 Å². The third-order valence-corrected chi connectivity index (χ3v) is 3.33. The van der Waals surface area contributed by atoms with E-state index in [1.807, 2.05) is 26.8 Å². The van der Waals surface area contributed by atoms with E-state index < -0.39 is 5.60 Å². The lowest BCUT2D eigenvalue weighted by Crippen LogP contribution is -2.41. The molecule has 0 saturated heterocycles. The Morgan fingerprint density at radius 1 is 1.32 bits per heavy atom. The number of amides is 1. The molecule has 0 aliphatic carbocycles. The third-order valence-electron chi connectivity index (χ3n) is 3.33. The Morgan fingerprint density at radius 2 is 1.89 bits per heavy atom. The number of ether oxygens (including phenoxy) is 1. The van der Waals surface area contributed by atoms with Gasteiger partial charge < -0.3 is 15.2 Å². The molecule has 0 bridgehead atoms. The molecule has 0 radical (unpaired) electrons. The Balaban J connectivity index is 2.95. The highest BCUT2D eigenvalue weighted by Crippen LogP contribution is 2.28. The normalized spacial score (nSPS) is 11.3. The number of rotatable bonds is 4. The second-order valence-corrected chi connectivity index (χ2v) is 5.38. The summed E-state index contributed by atoms with van der Waals surface area (Å²) in [7, 11) is 1.66. The van der Waals surface area contributed by atoms with Crippen molar-refractivity contribution in [2.45, 2.75) is 46.8 Å². The minimum absolute atomic E-state index is 0.377. The van der Waals surface area contributed by atoms with Crippen molar-refractivity contribution in [1.29, 1.82) is 0 Å². The summed E-state index contributed by atoms with van der Waals surface area (Å²) in [5.74, 6) is 0.507. The summed E-state index contributed by atoms with van der Waals surface area (Å²) in [6.45, 7) is 9.33. The lowest BCUT2D eigenvalue weighted by Gasteiger charge is -2.19. The summed E-state index contributed by atoms with van der Waals surface area (Å²) in [5.41, 5.74) is 2.89. The summed E-state index contributed by atoms with van der Waals surface area (Å²) >= 11 is 0. The maximum atomic E-state index is 11.7. The molecule has 0 unspecified atom stereocenters. The van der Waals surface area contributed by atoms with Crippen molar-refractivity contribution in [3.63, 3.8) is 0 Å². The van der Waals surface area contributed by atoms with Crippen molar-refractivity contribution in [2.75, 3.05) is 7.11 Å². The number of carbonyl (C=O) groups excluding carboxylic acids is 1. The van der Waals surface area contributed by atoms with Gasteiger partial charge in [0.25, 0.3) is 5.91 Å². The second kappa shape index (κ2) is 5.61. The summed E-state index contributed by atoms with van der Waals surface area (Å²) in [6, 6.07) is 2.01. The molecule has 4 nitrogen and oxygen atoms in total. The molecule has 0 saturated carbocycles. The molecule has 0 aromatic heterocycles. The number of hydrogen-bond donors (Lipinski definition) is 2. The van der Waals surface area contributed by atoms with E-state index in [2.05, 4.69) is 5.32 Å². The van der Waals surface area contributed by atoms with E-state index in [1.165, 1.54) is 13.8 Å². The SMILES string of the molecule is COc1c(C)cc(CNC(=O)C(C)(C)O)c(C)c1C. The predicted octanol–water partition coefficient (Wildman–Crippen LogP) is 2.01. The molecule has 106 valence electrons. The van der Waals surface area contributed by atoms with Gasteiger partial charge in [-0.25, -0.2) is 0 Å². The minimum atomic E-state index is -1.36. The van der Waals surface area contributed by atoms with Crippen LogP contribution in [-0.2, 0) is 11.3 Å². The van der Waals surface area contributed by atoms with Crippen LogP contribution in [0.5, 0.6) is 5.75 Å². The van der Waals surface area contributed by atoms with Crippen LogP contribution in [0.3, 0.4) is 0 Å². The van der Waals surface area contributed by atoms with Gasteiger partial charge in [-0.05, 0) is 56.9 Å². The summed E-state index contributed by atoms with van der Waals surface area (Å²) in [6.07, 6.45) is 0. The lowest BCUT2D eigenvalue weighted by molar-refractivity contribution is -0.136. The zero-order valence-corrected chi connectivity index (χ0v) is 12.5. The van der Waals surface area contributed by atoms with Gasteiger partial charge in [0.05, 0.1) is 7.11 Å². The molecule has 0 fully saturated rings. The zero-order valence-electron chi connectivity index (χ0n) is 12.5. The summed E-state index contributed by atoms with van der Waals surface area (Å²) in [5, 5.41) is 12.3. The Bertz CT molecular complexity index is 487. The van der Waals surface area contributed by atoms with Crippen LogP contribution < -0.4 is 10.1 Å². The van der Waals surface area contributed by atoms with Crippen LogP contribution in [0.25, 0.3) is 0 Å². The highest BCUT2D eigenvalue weighted by Gasteiger charge is 2.23. The van der Waals surface area contributed by atoms with Crippen molar-refractivity contribution in [3.05, 3.63) is 28.3 Å². The molecular weight excluding hydrogens is 242 g/mol. The summed E-state index contributed by atoms with van der Waals surface area (Å²) < 4.78 is 5.36.